The van der Waals surface area contributed by atoms with Crippen molar-refractivity contribution in [3.63, 3.8) is 0 Å². The summed E-state index contributed by atoms with van der Waals surface area (Å²) < 4.78 is 63.9. The zero-order valence-electron chi connectivity index (χ0n) is 30.8. The van der Waals surface area contributed by atoms with Crippen LogP contribution in [0.1, 0.15) is 47.8 Å². The minimum atomic E-state index is -5.08. The Kier molecular flexibility index (Phi) is 11.5. The molecule has 8 rings (SSSR count). The highest BCUT2D eigenvalue weighted by molar-refractivity contribution is 5.93. The van der Waals surface area contributed by atoms with E-state index < -0.39 is 41.1 Å². The van der Waals surface area contributed by atoms with E-state index in [1.165, 1.54) is 43.6 Å². The zero-order chi connectivity index (χ0) is 41.1. The predicted molar refractivity (Wildman–Crippen MR) is 203 cm³/mol. The molecule has 1 aliphatic carbocycles. The number of aliphatic carboxylic acids is 1. The van der Waals surface area contributed by atoms with Gasteiger partial charge < -0.3 is 20.1 Å². The van der Waals surface area contributed by atoms with E-state index in [2.05, 4.69) is 49.8 Å². The molecule has 0 spiro atoms. The number of halogens is 5. The molecular weight excluding hydrogens is 767 g/mol. The second-order valence-corrected chi connectivity index (χ2v) is 14.1. The van der Waals surface area contributed by atoms with Gasteiger partial charge in [-0.3, -0.25) is 19.1 Å². The van der Waals surface area contributed by atoms with E-state index in [4.69, 9.17) is 9.90 Å². The summed E-state index contributed by atoms with van der Waals surface area (Å²) in [6.45, 7) is 4.88. The van der Waals surface area contributed by atoms with Gasteiger partial charge in [0, 0.05) is 57.2 Å². The molecule has 5 heterocycles. The minimum Gasteiger partial charge on any atom is -0.475 e. The molecule has 1 saturated heterocycles. The van der Waals surface area contributed by atoms with Crippen molar-refractivity contribution in [2.24, 2.45) is 0 Å². The molecule has 2 fully saturated rings. The molecule has 18 heteroatoms. The number of piperazine rings is 1. The van der Waals surface area contributed by atoms with Crippen LogP contribution in [0.25, 0.3) is 33.5 Å². The first kappa shape index (κ1) is 39.9. The normalized spacial score (nSPS) is 17.5. The number of hydrogen-bond acceptors (Lipinski definition) is 8. The average molecular weight is 805 g/mol. The molecule has 1 aliphatic heterocycles. The Morgan fingerprint density at radius 1 is 0.879 bits per heavy atom. The first-order valence-corrected chi connectivity index (χ1v) is 18.5. The highest BCUT2D eigenvalue weighted by atomic mass is 19.4. The van der Waals surface area contributed by atoms with Crippen LogP contribution in [0, 0.1) is 11.6 Å². The fourth-order valence-corrected chi connectivity index (χ4v) is 7.30. The topological polar surface area (TPSA) is 156 Å². The van der Waals surface area contributed by atoms with Gasteiger partial charge in [0.15, 0.2) is 5.65 Å². The van der Waals surface area contributed by atoms with Crippen LogP contribution in [-0.4, -0.2) is 83.8 Å². The van der Waals surface area contributed by atoms with Crippen molar-refractivity contribution in [2.45, 2.75) is 50.5 Å². The second kappa shape index (κ2) is 16.7. The van der Waals surface area contributed by atoms with Gasteiger partial charge in [-0.1, -0.05) is 36.4 Å². The van der Waals surface area contributed by atoms with Gasteiger partial charge in [0.25, 0.3) is 11.5 Å². The number of amides is 1. The number of pyridine rings is 2. The van der Waals surface area contributed by atoms with Crippen LogP contribution in [0.3, 0.4) is 0 Å². The molecule has 3 N–H and O–H groups in total. The fraction of sp³-hybridized carbons (Fsp3) is 0.300. The zero-order valence-corrected chi connectivity index (χ0v) is 30.8. The van der Waals surface area contributed by atoms with Crippen molar-refractivity contribution < 1.29 is 36.6 Å². The monoisotopic (exact) mass is 804 g/mol. The molecule has 13 nitrogen and oxygen atoms in total. The molecule has 6 aromatic rings. The number of fused-ring (bicyclic) bond motifs is 2. The molecule has 4 aromatic heterocycles. The number of nitrogens with zero attached hydrogens (tertiary/aromatic N) is 6. The first-order valence-electron chi connectivity index (χ1n) is 18.5. The van der Waals surface area contributed by atoms with Crippen LogP contribution in [0.2, 0.25) is 0 Å². The number of benzene rings is 2. The Labute approximate surface area is 326 Å². The summed E-state index contributed by atoms with van der Waals surface area (Å²) in [5.74, 6) is -4.26. The van der Waals surface area contributed by atoms with Crippen molar-refractivity contribution in [3.8, 4) is 16.8 Å². The number of imidazole rings is 1. The van der Waals surface area contributed by atoms with E-state index in [-0.39, 0.29) is 28.7 Å². The number of alkyl halides is 3. The highest BCUT2D eigenvalue weighted by Gasteiger charge is 2.38. The van der Waals surface area contributed by atoms with E-state index in [9.17, 15) is 36.3 Å². The van der Waals surface area contributed by atoms with Crippen molar-refractivity contribution >= 4 is 28.6 Å². The maximum Gasteiger partial charge on any atom is 0.490 e. The molecule has 0 unspecified atom stereocenters. The fourth-order valence-electron chi connectivity index (χ4n) is 7.30. The van der Waals surface area contributed by atoms with Crippen LogP contribution in [0.4, 0.5) is 22.0 Å². The van der Waals surface area contributed by atoms with Gasteiger partial charge in [-0.05, 0) is 72.7 Å². The number of rotatable bonds is 7. The lowest BCUT2D eigenvalue weighted by Crippen LogP contribution is -2.45. The van der Waals surface area contributed by atoms with Crippen LogP contribution >= 0.6 is 0 Å². The molecule has 2 aliphatic rings. The third kappa shape index (κ3) is 8.82. The van der Waals surface area contributed by atoms with E-state index in [1.54, 1.807) is 6.07 Å². The number of carbonyl (C=O) groups is 2. The number of hydrogen-bond donors (Lipinski definition) is 3. The molecule has 2 aromatic carbocycles. The highest BCUT2D eigenvalue weighted by Crippen LogP contribution is 2.29. The van der Waals surface area contributed by atoms with E-state index in [0.29, 0.717) is 37.0 Å². The number of carboxylic acid groups (broad SMARTS) is 1. The van der Waals surface area contributed by atoms with Crippen LogP contribution < -0.4 is 21.9 Å². The quantitative estimate of drug-likeness (QED) is 0.187. The van der Waals surface area contributed by atoms with Crippen molar-refractivity contribution in [2.75, 3.05) is 26.2 Å². The van der Waals surface area contributed by atoms with Crippen LogP contribution in [0.15, 0.2) is 94.9 Å². The average Bonchev–Trinajstić information content (AvgIpc) is 3.63. The Bertz CT molecular complexity index is 2590. The van der Waals surface area contributed by atoms with E-state index >= 15 is 0 Å². The molecule has 0 bridgehead atoms. The number of carboxylic acids is 1. The molecule has 302 valence electrons. The summed E-state index contributed by atoms with van der Waals surface area (Å²) in [6.07, 6.45) is 0.533. The van der Waals surface area contributed by atoms with Gasteiger partial charge in [-0.25, -0.2) is 32.9 Å². The smallest absolute Gasteiger partial charge is 0.475 e. The largest absolute Gasteiger partial charge is 0.490 e. The Morgan fingerprint density at radius 2 is 1.59 bits per heavy atom. The number of nitrogens with one attached hydrogen (secondary N) is 2. The summed E-state index contributed by atoms with van der Waals surface area (Å²) >= 11 is 0. The standard InChI is InChI=1S/C38H36F2N8O3.C2HF3O2/c39-27-8-13-34-44-33(23-46(34)22-27)36(49)43-29-9-11-30(12-10-29)48-37(50)32-19-28(40)20-42-35(32)47(38(48)51)31-3-1-2-26(18-31)25-6-4-24(5-7-25)21-45-16-14-41-15-17-45;3-2(4,5)1(6)7/h1-8,13,18-20,22-23,29-30,41H,9-12,14-17,21H2,(H,43,49);(H,6,7). The molecule has 1 amide bonds. The maximum atomic E-state index is 14.5. The predicted octanol–water partition coefficient (Wildman–Crippen LogP) is 5.09. The van der Waals surface area contributed by atoms with Gasteiger partial charge in [0.1, 0.15) is 23.0 Å². The van der Waals surface area contributed by atoms with E-state index in [0.717, 1.165) is 56.1 Å². The summed E-state index contributed by atoms with van der Waals surface area (Å²) in [7, 11) is 0. The lowest BCUT2D eigenvalue weighted by atomic mass is 9.90. The third-order valence-corrected chi connectivity index (χ3v) is 10.2. The molecule has 1 saturated carbocycles. The summed E-state index contributed by atoms with van der Waals surface area (Å²) in [4.78, 5) is 60.9. The third-order valence-electron chi connectivity index (χ3n) is 10.2. The lowest BCUT2D eigenvalue weighted by molar-refractivity contribution is -0.192. The molecule has 0 atom stereocenters. The Hall–Kier alpha value is -6.27. The molecular formula is C40H37F5N8O5. The Balaban J connectivity index is 0.000000672. The number of carbonyl (C=O) groups excluding carboxylic acids is 1. The minimum absolute atomic E-state index is 0.0102. The van der Waals surface area contributed by atoms with Gasteiger partial charge in [0.2, 0.25) is 0 Å². The maximum absolute atomic E-state index is 14.5. The second-order valence-electron chi connectivity index (χ2n) is 14.1. The van der Waals surface area contributed by atoms with Crippen LogP contribution in [-0.2, 0) is 11.3 Å². The van der Waals surface area contributed by atoms with Gasteiger partial charge in [-0.15, -0.1) is 0 Å². The Morgan fingerprint density at radius 3 is 2.28 bits per heavy atom. The van der Waals surface area contributed by atoms with E-state index in [1.807, 2.05) is 18.2 Å². The van der Waals surface area contributed by atoms with Crippen molar-refractivity contribution in [1.82, 2.24) is 39.0 Å². The van der Waals surface area contributed by atoms with Crippen molar-refractivity contribution in [3.05, 3.63) is 129 Å². The lowest BCUT2D eigenvalue weighted by Gasteiger charge is -2.30. The summed E-state index contributed by atoms with van der Waals surface area (Å²) in [5, 5.41) is 13.5. The SMILES string of the molecule is O=C(NC1CCC(n2c(=O)c3cc(F)cnc3n(-c3cccc(-c4ccc(CN5CCNCC5)cc4)c3)c2=O)CC1)c1cn2cc(F)ccc2n1.O=C(O)C(F)(F)F. The number of aromatic nitrogens is 5. The summed E-state index contributed by atoms with van der Waals surface area (Å²) in [6, 6.07) is 19.1. The van der Waals surface area contributed by atoms with Gasteiger partial charge in [-0.2, -0.15) is 13.2 Å². The molecule has 58 heavy (non-hydrogen) atoms. The molecule has 0 radical (unpaired) electrons. The van der Waals surface area contributed by atoms with Crippen molar-refractivity contribution in [1.29, 1.82) is 0 Å². The first-order chi connectivity index (χ1) is 27.7. The van der Waals surface area contributed by atoms with Gasteiger partial charge in [0.05, 0.1) is 17.3 Å². The summed E-state index contributed by atoms with van der Waals surface area (Å²) in [5.41, 5.74) is 3.13. The van der Waals surface area contributed by atoms with Crippen LogP contribution in [0.5, 0.6) is 0 Å². The van der Waals surface area contributed by atoms with Gasteiger partial charge >= 0.3 is 17.8 Å².